The van der Waals surface area contributed by atoms with Gasteiger partial charge >= 0.3 is 5.97 Å². The van der Waals surface area contributed by atoms with Crippen LogP contribution in [-0.2, 0) is 4.79 Å². The zero-order valence-electron chi connectivity index (χ0n) is 10.5. The first kappa shape index (κ1) is 14.6. The molecule has 18 heavy (non-hydrogen) atoms. The maximum atomic E-state index is 13.6. The van der Waals surface area contributed by atoms with Crippen molar-refractivity contribution in [3.05, 3.63) is 34.9 Å². The van der Waals surface area contributed by atoms with E-state index in [9.17, 15) is 13.6 Å². The highest BCUT2D eigenvalue weighted by Gasteiger charge is 2.13. The lowest BCUT2D eigenvalue weighted by Crippen LogP contribution is -2.21. The molecule has 2 N–H and O–H groups in total. The average Bonchev–Trinajstić information content (AvgIpc) is 2.28. The van der Waals surface area contributed by atoms with Crippen LogP contribution in [0.2, 0.25) is 0 Å². The van der Waals surface area contributed by atoms with E-state index < -0.39 is 17.6 Å². The molecule has 1 aromatic carbocycles. The summed E-state index contributed by atoms with van der Waals surface area (Å²) < 4.78 is 27.0. The Hall–Kier alpha value is -1.49. The normalized spacial score (nSPS) is 12.4. The van der Waals surface area contributed by atoms with Gasteiger partial charge in [-0.1, -0.05) is 0 Å². The molecule has 0 fully saturated rings. The number of nitrogens with one attached hydrogen (secondary N) is 1. The summed E-state index contributed by atoms with van der Waals surface area (Å²) in [5.74, 6) is -1.75. The number of carboxylic acids is 1. The Bertz CT molecular complexity index is 435. The summed E-state index contributed by atoms with van der Waals surface area (Å²) in [6.45, 7) is 3.67. The molecule has 1 unspecified atom stereocenters. The first-order chi connectivity index (χ1) is 8.41. The topological polar surface area (TPSA) is 49.3 Å². The molecule has 0 bridgehead atoms. The van der Waals surface area contributed by atoms with Crippen molar-refractivity contribution in [2.45, 2.75) is 32.7 Å². The van der Waals surface area contributed by atoms with Gasteiger partial charge in [-0.2, -0.15) is 0 Å². The minimum Gasteiger partial charge on any atom is -0.481 e. The van der Waals surface area contributed by atoms with Crippen LogP contribution in [0.3, 0.4) is 0 Å². The number of benzene rings is 1. The van der Waals surface area contributed by atoms with E-state index in [2.05, 4.69) is 5.32 Å². The fourth-order valence-corrected chi connectivity index (χ4v) is 1.66. The number of carbonyl (C=O) groups is 1. The molecule has 100 valence electrons. The number of carboxylic acid groups (broad SMARTS) is 1. The number of aliphatic carboxylic acids is 1. The Kier molecular flexibility index (Phi) is 5.22. The van der Waals surface area contributed by atoms with E-state index in [1.54, 1.807) is 6.92 Å². The van der Waals surface area contributed by atoms with E-state index in [0.29, 0.717) is 13.0 Å². The molecule has 3 nitrogen and oxygen atoms in total. The van der Waals surface area contributed by atoms with Crippen LogP contribution in [0.5, 0.6) is 0 Å². The van der Waals surface area contributed by atoms with Gasteiger partial charge in [-0.05, 0) is 44.5 Å². The number of aryl methyl sites for hydroxylation is 1. The van der Waals surface area contributed by atoms with Crippen molar-refractivity contribution in [1.29, 1.82) is 0 Å². The molecule has 0 aromatic heterocycles. The molecule has 0 radical (unpaired) electrons. The third-order valence-electron chi connectivity index (χ3n) is 2.76. The molecule has 0 heterocycles. The SMILES string of the molecule is Cc1cc(F)c(C(C)NCCCC(=O)O)cc1F. The van der Waals surface area contributed by atoms with Gasteiger partial charge in [0.25, 0.3) is 0 Å². The van der Waals surface area contributed by atoms with Gasteiger partial charge in [-0.15, -0.1) is 0 Å². The number of hydrogen-bond acceptors (Lipinski definition) is 2. The third-order valence-corrected chi connectivity index (χ3v) is 2.76. The third kappa shape index (κ3) is 4.07. The van der Waals surface area contributed by atoms with E-state index in [-0.39, 0.29) is 23.6 Å². The zero-order valence-corrected chi connectivity index (χ0v) is 10.5. The smallest absolute Gasteiger partial charge is 0.303 e. The van der Waals surface area contributed by atoms with E-state index >= 15 is 0 Å². The fraction of sp³-hybridized carbons (Fsp3) is 0.462. The standard InChI is InChI=1S/C13H17F2NO2/c1-8-6-12(15)10(7-11(8)14)9(2)16-5-3-4-13(17)18/h6-7,9,16H,3-5H2,1-2H3,(H,17,18). The first-order valence-electron chi connectivity index (χ1n) is 5.82. The lowest BCUT2D eigenvalue weighted by Gasteiger charge is -2.15. The molecule has 0 aliphatic rings. The van der Waals surface area contributed by atoms with E-state index in [4.69, 9.17) is 5.11 Å². The van der Waals surface area contributed by atoms with Crippen LogP contribution in [-0.4, -0.2) is 17.6 Å². The van der Waals surface area contributed by atoms with Crippen LogP contribution in [0.25, 0.3) is 0 Å². The summed E-state index contributed by atoms with van der Waals surface area (Å²) in [7, 11) is 0. The van der Waals surface area contributed by atoms with Gasteiger partial charge in [0, 0.05) is 18.0 Å². The molecule has 1 atom stereocenters. The Morgan fingerprint density at radius 2 is 2.06 bits per heavy atom. The second-order valence-corrected chi connectivity index (χ2v) is 4.30. The second kappa shape index (κ2) is 6.44. The van der Waals surface area contributed by atoms with Crippen molar-refractivity contribution in [1.82, 2.24) is 5.32 Å². The Morgan fingerprint density at radius 3 is 2.67 bits per heavy atom. The van der Waals surface area contributed by atoms with Crippen LogP contribution < -0.4 is 5.32 Å². The van der Waals surface area contributed by atoms with Crippen molar-refractivity contribution in [2.24, 2.45) is 0 Å². The first-order valence-corrected chi connectivity index (χ1v) is 5.82. The molecule has 0 amide bonds. The van der Waals surface area contributed by atoms with Gasteiger partial charge in [-0.3, -0.25) is 4.79 Å². The van der Waals surface area contributed by atoms with E-state index in [1.807, 2.05) is 0 Å². The summed E-state index contributed by atoms with van der Waals surface area (Å²) >= 11 is 0. The summed E-state index contributed by atoms with van der Waals surface area (Å²) in [6.07, 6.45) is 0.514. The van der Waals surface area contributed by atoms with Gasteiger partial charge in [0.05, 0.1) is 0 Å². The minimum atomic E-state index is -0.864. The Balaban J connectivity index is 2.58. The van der Waals surface area contributed by atoms with Crippen LogP contribution in [0.1, 0.15) is 36.9 Å². The van der Waals surface area contributed by atoms with Crippen molar-refractivity contribution < 1.29 is 18.7 Å². The van der Waals surface area contributed by atoms with Crippen molar-refractivity contribution in [3.8, 4) is 0 Å². The van der Waals surface area contributed by atoms with Crippen molar-refractivity contribution >= 4 is 5.97 Å². The van der Waals surface area contributed by atoms with Crippen LogP contribution >= 0.6 is 0 Å². The second-order valence-electron chi connectivity index (χ2n) is 4.30. The van der Waals surface area contributed by atoms with Crippen LogP contribution in [0, 0.1) is 18.6 Å². The van der Waals surface area contributed by atoms with Gasteiger partial charge in [0.2, 0.25) is 0 Å². The summed E-state index contributed by atoms with van der Waals surface area (Å²) in [5.41, 5.74) is 0.530. The molecule has 0 spiro atoms. The summed E-state index contributed by atoms with van der Waals surface area (Å²) in [4.78, 5) is 10.3. The molecule has 0 aliphatic heterocycles. The molecule has 0 saturated carbocycles. The average molecular weight is 257 g/mol. The van der Waals surface area contributed by atoms with Crippen LogP contribution in [0.15, 0.2) is 12.1 Å². The maximum absolute atomic E-state index is 13.6. The number of hydrogen-bond donors (Lipinski definition) is 2. The molecule has 1 rings (SSSR count). The lowest BCUT2D eigenvalue weighted by molar-refractivity contribution is -0.137. The predicted molar refractivity (Wildman–Crippen MR) is 64.4 cm³/mol. The lowest BCUT2D eigenvalue weighted by atomic mass is 10.0. The van der Waals surface area contributed by atoms with Gasteiger partial charge in [0.1, 0.15) is 11.6 Å². The highest BCUT2D eigenvalue weighted by Crippen LogP contribution is 2.20. The van der Waals surface area contributed by atoms with E-state index in [1.165, 1.54) is 19.1 Å². The van der Waals surface area contributed by atoms with Crippen molar-refractivity contribution in [3.63, 3.8) is 0 Å². The maximum Gasteiger partial charge on any atom is 0.303 e. The minimum absolute atomic E-state index is 0.0600. The molecule has 0 saturated heterocycles. The molecule has 5 heteroatoms. The fourth-order valence-electron chi connectivity index (χ4n) is 1.66. The molecule has 0 aliphatic carbocycles. The number of rotatable bonds is 6. The van der Waals surface area contributed by atoms with Gasteiger partial charge < -0.3 is 10.4 Å². The van der Waals surface area contributed by atoms with Crippen LogP contribution in [0.4, 0.5) is 8.78 Å². The van der Waals surface area contributed by atoms with E-state index in [0.717, 1.165) is 0 Å². The Labute approximate surface area is 105 Å². The molecular weight excluding hydrogens is 240 g/mol. The monoisotopic (exact) mass is 257 g/mol. The van der Waals surface area contributed by atoms with Crippen molar-refractivity contribution in [2.75, 3.05) is 6.54 Å². The highest BCUT2D eigenvalue weighted by molar-refractivity contribution is 5.66. The number of halogens is 2. The molecule has 1 aromatic rings. The summed E-state index contributed by atoms with van der Waals surface area (Å²) in [6, 6.07) is 1.99. The summed E-state index contributed by atoms with van der Waals surface area (Å²) in [5, 5.41) is 11.4. The van der Waals surface area contributed by atoms with Gasteiger partial charge in [0.15, 0.2) is 0 Å². The quantitative estimate of drug-likeness (QED) is 0.770. The zero-order chi connectivity index (χ0) is 13.7. The largest absolute Gasteiger partial charge is 0.481 e. The Morgan fingerprint density at radius 1 is 1.39 bits per heavy atom. The highest BCUT2D eigenvalue weighted by atomic mass is 19.1. The molecular formula is C13H17F2NO2. The van der Waals surface area contributed by atoms with Gasteiger partial charge in [-0.25, -0.2) is 8.78 Å². The predicted octanol–water partition coefficient (Wildman–Crippen LogP) is 2.79.